The third kappa shape index (κ3) is 3.07. The predicted octanol–water partition coefficient (Wildman–Crippen LogP) is 2.24. The number of rotatable bonds is 4. The number of aryl methyl sites for hydroxylation is 3. The number of benzene rings is 1. The molecule has 3 heterocycles. The minimum Gasteiger partial charge on any atom is -0.331 e. The molecule has 0 N–H and O–H groups in total. The topological polar surface area (TPSA) is 108 Å². The van der Waals surface area contributed by atoms with E-state index < -0.39 is 9.84 Å². The molecule has 0 amide bonds. The average Bonchev–Trinajstić information content (AvgIpc) is 3.32. The second-order valence-corrected chi connectivity index (χ2v) is 9.70. The summed E-state index contributed by atoms with van der Waals surface area (Å²) < 4.78 is 28.1. The molecule has 30 heavy (non-hydrogen) atoms. The second kappa shape index (κ2) is 6.43. The molecule has 1 fully saturated rings. The van der Waals surface area contributed by atoms with Gasteiger partial charge in [0.1, 0.15) is 17.5 Å². The largest absolute Gasteiger partial charge is 0.331 e. The molecule has 154 valence electrons. The van der Waals surface area contributed by atoms with E-state index in [4.69, 9.17) is 4.98 Å². The van der Waals surface area contributed by atoms with Gasteiger partial charge in [-0.25, -0.2) is 23.4 Å². The number of imidazole rings is 1. The van der Waals surface area contributed by atoms with E-state index in [1.807, 2.05) is 37.4 Å². The Balaban J connectivity index is 1.58. The highest BCUT2D eigenvalue weighted by Crippen LogP contribution is 2.54. The van der Waals surface area contributed by atoms with Crippen LogP contribution in [0.5, 0.6) is 0 Å². The first kappa shape index (κ1) is 18.9. The molecule has 2 atom stereocenters. The van der Waals surface area contributed by atoms with Crippen molar-refractivity contribution in [2.24, 2.45) is 7.05 Å². The molecule has 1 aliphatic rings. The number of hydrogen-bond donors (Lipinski definition) is 0. The zero-order chi connectivity index (χ0) is 21.2. The molecule has 0 radical (unpaired) electrons. The van der Waals surface area contributed by atoms with Gasteiger partial charge in [0.2, 0.25) is 15.0 Å². The zero-order valence-electron chi connectivity index (χ0n) is 17.1. The van der Waals surface area contributed by atoms with Crippen LogP contribution in [0.1, 0.15) is 41.4 Å². The summed E-state index contributed by atoms with van der Waals surface area (Å²) in [6.45, 7) is 3.59. The summed E-state index contributed by atoms with van der Waals surface area (Å²) >= 11 is 0. The van der Waals surface area contributed by atoms with E-state index in [2.05, 4.69) is 24.6 Å². The van der Waals surface area contributed by atoms with Crippen LogP contribution in [0.15, 0.2) is 35.5 Å². The van der Waals surface area contributed by atoms with Gasteiger partial charge in [0, 0.05) is 31.2 Å². The molecule has 4 aromatic rings. The van der Waals surface area contributed by atoms with Crippen LogP contribution in [0.25, 0.3) is 16.9 Å². The van der Waals surface area contributed by atoms with Crippen molar-refractivity contribution in [1.29, 1.82) is 0 Å². The average molecular weight is 424 g/mol. The number of aromatic nitrogens is 7. The minimum absolute atomic E-state index is 0.0766. The summed E-state index contributed by atoms with van der Waals surface area (Å²) in [7, 11) is -1.57. The van der Waals surface area contributed by atoms with Gasteiger partial charge in [-0.05, 0) is 32.4 Å². The Morgan fingerprint density at radius 2 is 1.80 bits per heavy atom. The summed E-state index contributed by atoms with van der Waals surface area (Å²) in [5, 5.41) is 4.15. The fraction of sp³-hybridized carbons (Fsp3) is 0.350. The number of sulfone groups is 1. The Morgan fingerprint density at radius 1 is 1.03 bits per heavy atom. The normalized spacial score (nSPS) is 18.8. The summed E-state index contributed by atoms with van der Waals surface area (Å²) in [4.78, 5) is 17.7. The van der Waals surface area contributed by atoms with Crippen LogP contribution in [0, 0.1) is 13.8 Å². The van der Waals surface area contributed by atoms with Crippen LogP contribution in [0.4, 0.5) is 0 Å². The lowest BCUT2D eigenvalue weighted by Crippen LogP contribution is -2.12. The smallest absolute Gasteiger partial charge is 0.249 e. The maximum absolute atomic E-state index is 12.2. The first-order valence-electron chi connectivity index (χ1n) is 9.63. The van der Waals surface area contributed by atoms with Gasteiger partial charge in [-0.2, -0.15) is 9.67 Å². The van der Waals surface area contributed by atoms with Gasteiger partial charge in [-0.3, -0.25) is 0 Å². The Bertz CT molecular complexity index is 1400. The van der Waals surface area contributed by atoms with Gasteiger partial charge < -0.3 is 4.57 Å². The van der Waals surface area contributed by atoms with E-state index >= 15 is 0 Å². The number of hydrogen-bond acceptors (Lipinski definition) is 7. The van der Waals surface area contributed by atoms with Crippen LogP contribution in [0.2, 0.25) is 0 Å². The van der Waals surface area contributed by atoms with Gasteiger partial charge >= 0.3 is 0 Å². The second-order valence-electron chi connectivity index (χ2n) is 7.79. The number of nitrogens with zero attached hydrogens (tertiary/aromatic N) is 7. The standard InChI is InChI=1S/C20H21N7O2S/c1-11-21-12(2)27(25-11)18-10-16(23-20(24-18)30(4,28)29)13-9-14(13)19-22-15-7-5-6-8-17(15)26(19)3/h5-8,10,13-14H,9H2,1-4H3/t13-,14?/m0/s1. The van der Waals surface area contributed by atoms with Crippen LogP contribution in [0.3, 0.4) is 0 Å². The van der Waals surface area contributed by atoms with Crippen molar-refractivity contribution in [1.82, 2.24) is 34.3 Å². The van der Waals surface area contributed by atoms with Crippen molar-refractivity contribution in [2.45, 2.75) is 37.3 Å². The van der Waals surface area contributed by atoms with Crippen LogP contribution < -0.4 is 0 Å². The summed E-state index contributed by atoms with van der Waals surface area (Å²) in [6, 6.07) is 9.82. The SMILES string of the molecule is Cc1nc(C)n(-c2cc([C@H]3CC3c3nc4ccccc4n3C)nc(S(C)(=O)=O)n2)n1. The lowest BCUT2D eigenvalue weighted by atomic mass is 10.2. The van der Waals surface area contributed by atoms with E-state index in [0.717, 1.165) is 29.5 Å². The maximum atomic E-state index is 12.2. The molecule has 0 spiro atoms. The minimum atomic E-state index is -3.58. The van der Waals surface area contributed by atoms with Crippen LogP contribution >= 0.6 is 0 Å². The van der Waals surface area contributed by atoms with Gasteiger partial charge in [-0.15, -0.1) is 5.10 Å². The van der Waals surface area contributed by atoms with E-state index in [-0.39, 0.29) is 17.0 Å². The molecule has 1 aromatic carbocycles. The number of para-hydroxylation sites is 2. The predicted molar refractivity (Wildman–Crippen MR) is 110 cm³/mol. The molecule has 5 rings (SSSR count). The van der Waals surface area contributed by atoms with Crippen LogP contribution in [-0.4, -0.2) is 49.0 Å². The fourth-order valence-electron chi connectivity index (χ4n) is 3.94. The highest BCUT2D eigenvalue weighted by atomic mass is 32.2. The summed E-state index contributed by atoms with van der Waals surface area (Å²) in [5.41, 5.74) is 2.71. The first-order valence-corrected chi connectivity index (χ1v) is 11.5. The van der Waals surface area contributed by atoms with Crippen molar-refractivity contribution < 1.29 is 8.42 Å². The van der Waals surface area contributed by atoms with Gasteiger partial charge in [0.25, 0.3) is 0 Å². The first-order chi connectivity index (χ1) is 14.2. The Kier molecular flexibility index (Phi) is 4.04. The molecular weight excluding hydrogens is 402 g/mol. The molecular formula is C20H21N7O2S. The molecule has 9 nitrogen and oxygen atoms in total. The molecule has 0 bridgehead atoms. The van der Waals surface area contributed by atoms with E-state index in [0.29, 0.717) is 23.2 Å². The number of fused-ring (bicyclic) bond motifs is 1. The Labute approximate surface area is 173 Å². The van der Waals surface area contributed by atoms with Crippen LogP contribution in [-0.2, 0) is 16.9 Å². The molecule has 0 aliphatic heterocycles. The fourth-order valence-corrected chi connectivity index (χ4v) is 4.47. The summed E-state index contributed by atoms with van der Waals surface area (Å²) in [6.07, 6.45) is 1.97. The maximum Gasteiger partial charge on any atom is 0.249 e. The molecule has 0 saturated heterocycles. The van der Waals surface area contributed by atoms with E-state index in [1.54, 1.807) is 18.5 Å². The van der Waals surface area contributed by atoms with Gasteiger partial charge in [0.05, 0.1) is 16.7 Å². The lowest BCUT2D eigenvalue weighted by molar-refractivity contribution is 0.589. The Morgan fingerprint density at radius 3 is 2.47 bits per heavy atom. The Hall–Kier alpha value is -3.14. The monoisotopic (exact) mass is 423 g/mol. The lowest BCUT2D eigenvalue weighted by Gasteiger charge is -2.08. The zero-order valence-corrected chi connectivity index (χ0v) is 17.9. The van der Waals surface area contributed by atoms with E-state index in [1.165, 1.54) is 0 Å². The van der Waals surface area contributed by atoms with E-state index in [9.17, 15) is 8.42 Å². The highest BCUT2D eigenvalue weighted by molar-refractivity contribution is 7.90. The van der Waals surface area contributed by atoms with Crippen molar-refractivity contribution >= 4 is 20.9 Å². The quantitative estimate of drug-likeness (QED) is 0.463. The third-order valence-electron chi connectivity index (χ3n) is 5.46. The highest BCUT2D eigenvalue weighted by Gasteiger charge is 2.44. The third-order valence-corrected chi connectivity index (χ3v) is 6.31. The van der Waals surface area contributed by atoms with Crippen molar-refractivity contribution in [3.63, 3.8) is 0 Å². The van der Waals surface area contributed by atoms with Gasteiger partial charge in [-0.1, -0.05) is 12.1 Å². The summed E-state index contributed by atoms with van der Waals surface area (Å²) in [5.74, 6) is 2.88. The van der Waals surface area contributed by atoms with Crippen molar-refractivity contribution in [3.05, 3.63) is 53.5 Å². The molecule has 1 saturated carbocycles. The molecule has 10 heteroatoms. The van der Waals surface area contributed by atoms with Crippen molar-refractivity contribution in [3.8, 4) is 5.82 Å². The van der Waals surface area contributed by atoms with Crippen molar-refractivity contribution in [2.75, 3.05) is 6.26 Å². The molecule has 1 unspecified atom stereocenters. The van der Waals surface area contributed by atoms with Gasteiger partial charge in [0.15, 0.2) is 5.82 Å². The molecule has 1 aliphatic carbocycles. The molecule has 3 aromatic heterocycles.